The van der Waals surface area contributed by atoms with Crippen molar-refractivity contribution in [2.24, 2.45) is 4.99 Å². The van der Waals surface area contributed by atoms with E-state index in [9.17, 15) is 5.11 Å². The highest BCUT2D eigenvalue weighted by Gasteiger charge is 2.34. The SMILES string of the molecule is N#Cc1ccc(/C=C2\S/C(=N\c3ccccc3)N(c3ccccc3)C2O)cc1. The summed E-state index contributed by atoms with van der Waals surface area (Å²) in [5, 5.41) is 20.7. The first-order chi connectivity index (χ1) is 13.7. The molecule has 1 fully saturated rings. The van der Waals surface area contributed by atoms with E-state index in [0.29, 0.717) is 10.7 Å². The van der Waals surface area contributed by atoms with Gasteiger partial charge in [0.1, 0.15) is 0 Å². The molecule has 5 heteroatoms. The molecule has 1 aliphatic heterocycles. The molecule has 1 N–H and O–H groups in total. The monoisotopic (exact) mass is 383 g/mol. The summed E-state index contributed by atoms with van der Waals surface area (Å²) in [7, 11) is 0. The van der Waals surface area contributed by atoms with E-state index in [1.54, 1.807) is 12.1 Å². The van der Waals surface area contributed by atoms with Crippen molar-refractivity contribution in [2.45, 2.75) is 6.23 Å². The van der Waals surface area contributed by atoms with Gasteiger partial charge in [-0.15, -0.1) is 0 Å². The molecule has 3 aromatic rings. The summed E-state index contributed by atoms with van der Waals surface area (Å²) in [5.74, 6) is 0. The summed E-state index contributed by atoms with van der Waals surface area (Å²) in [5.41, 5.74) is 3.24. The van der Waals surface area contributed by atoms with Gasteiger partial charge in [-0.05, 0) is 48.0 Å². The van der Waals surface area contributed by atoms with Crippen LogP contribution in [0.5, 0.6) is 0 Å². The van der Waals surface area contributed by atoms with Crippen LogP contribution in [0.4, 0.5) is 11.4 Å². The van der Waals surface area contributed by atoms with Crippen LogP contribution in [-0.4, -0.2) is 16.5 Å². The molecule has 136 valence electrons. The lowest BCUT2D eigenvalue weighted by molar-refractivity contribution is 0.233. The first-order valence-electron chi connectivity index (χ1n) is 8.80. The number of amidine groups is 1. The summed E-state index contributed by atoms with van der Waals surface area (Å²) in [4.78, 5) is 7.35. The molecule has 0 bridgehead atoms. The van der Waals surface area contributed by atoms with Crippen LogP contribution in [0.3, 0.4) is 0 Å². The van der Waals surface area contributed by atoms with Crippen molar-refractivity contribution >= 4 is 34.4 Å². The van der Waals surface area contributed by atoms with Crippen molar-refractivity contribution in [3.63, 3.8) is 0 Å². The molecule has 28 heavy (non-hydrogen) atoms. The fraction of sp³-hybridized carbons (Fsp3) is 0.0435. The average Bonchev–Trinajstić information content (AvgIpc) is 3.04. The predicted octanol–water partition coefficient (Wildman–Crippen LogP) is 5.16. The number of aliphatic imine (C=N–C) groups is 1. The molecule has 1 heterocycles. The van der Waals surface area contributed by atoms with Gasteiger partial charge in [0.15, 0.2) is 11.4 Å². The predicted molar refractivity (Wildman–Crippen MR) is 115 cm³/mol. The lowest BCUT2D eigenvalue weighted by Gasteiger charge is -2.22. The molecule has 4 rings (SSSR count). The smallest absolute Gasteiger partial charge is 0.176 e. The fourth-order valence-electron chi connectivity index (χ4n) is 2.89. The quantitative estimate of drug-likeness (QED) is 0.679. The molecule has 0 aliphatic carbocycles. The Morgan fingerprint density at radius 2 is 1.57 bits per heavy atom. The molecule has 0 radical (unpaired) electrons. The van der Waals surface area contributed by atoms with E-state index in [0.717, 1.165) is 21.8 Å². The third-order valence-corrected chi connectivity index (χ3v) is 5.31. The van der Waals surface area contributed by atoms with Gasteiger partial charge < -0.3 is 5.11 Å². The van der Waals surface area contributed by atoms with E-state index < -0.39 is 6.23 Å². The molecule has 0 aromatic heterocycles. The summed E-state index contributed by atoms with van der Waals surface area (Å²) in [6, 6.07) is 28.8. The normalized spacial score (nSPS) is 19.1. The van der Waals surface area contributed by atoms with Gasteiger partial charge in [-0.3, -0.25) is 4.90 Å². The third kappa shape index (κ3) is 3.84. The van der Waals surface area contributed by atoms with Crippen LogP contribution in [0.2, 0.25) is 0 Å². The number of aliphatic hydroxyl groups excluding tert-OH is 1. The van der Waals surface area contributed by atoms with E-state index in [1.165, 1.54) is 11.8 Å². The van der Waals surface area contributed by atoms with Gasteiger partial charge in [0.25, 0.3) is 0 Å². The van der Waals surface area contributed by atoms with Crippen molar-refractivity contribution in [2.75, 3.05) is 4.90 Å². The lowest BCUT2D eigenvalue weighted by atomic mass is 10.1. The van der Waals surface area contributed by atoms with Gasteiger partial charge in [0.2, 0.25) is 0 Å². The number of hydrogen-bond donors (Lipinski definition) is 1. The number of thioether (sulfide) groups is 1. The molecule has 1 unspecified atom stereocenters. The average molecular weight is 383 g/mol. The van der Waals surface area contributed by atoms with Gasteiger partial charge in [0.05, 0.1) is 17.3 Å². The van der Waals surface area contributed by atoms with E-state index in [1.807, 2.05) is 83.8 Å². The molecule has 1 aliphatic rings. The maximum absolute atomic E-state index is 11.0. The zero-order valence-corrected chi connectivity index (χ0v) is 15.8. The standard InChI is InChI=1S/C23H17N3OS/c24-16-18-13-11-17(12-14-18)15-21-22(27)26(20-9-5-2-6-10-20)23(28-21)25-19-7-3-1-4-8-19/h1-15,22,27H/b21-15-,25-23-. The highest BCUT2D eigenvalue weighted by molar-refractivity contribution is 8.18. The minimum absolute atomic E-state index is 0.610. The molecule has 1 atom stereocenters. The number of aliphatic hydroxyl groups is 1. The molecule has 0 saturated carbocycles. The van der Waals surface area contributed by atoms with Crippen LogP contribution in [0, 0.1) is 11.3 Å². The highest BCUT2D eigenvalue weighted by atomic mass is 32.2. The Balaban J connectivity index is 1.73. The first kappa shape index (κ1) is 18.1. The van der Waals surface area contributed by atoms with Crippen molar-refractivity contribution in [3.05, 3.63) is 101 Å². The van der Waals surface area contributed by atoms with Crippen molar-refractivity contribution < 1.29 is 5.11 Å². The van der Waals surface area contributed by atoms with Crippen LogP contribution in [0.1, 0.15) is 11.1 Å². The third-order valence-electron chi connectivity index (χ3n) is 4.28. The Hall–Kier alpha value is -3.33. The summed E-state index contributed by atoms with van der Waals surface area (Å²) in [6.07, 6.45) is 1.10. The Kier molecular flexibility index (Phi) is 5.24. The molecule has 3 aromatic carbocycles. The van der Waals surface area contributed by atoms with Crippen LogP contribution in [-0.2, 0) is 0 Å². The number of benzene rings is 3. The molecular formula is C23H17N3OS. The van der Waals surface area contributed by atoms with Gasteiger partial charge in [0, 0.05) is 10.6 Å². The highest BCUT2D eigenvalue weighted by Crippen LogP contribution is 2.39. The Morgan fingerprint density at radius 3 is 2.21 bits per heavy atom. The molecule has 1 saturated heterocycles. The van der Waals surface area contributed by atoms with Crippen LogP contribution >= 0.6 is 11.8 Å². The number of rotatable bonds is 3. The Labute approximate surface area is 168 Å². The number of nitrogens with zero attached hydrogens (tertiary/aromatic N) is 3. The van der Waals surface area contributed by atoms with E-state index >= 15 is 0 Å². The number of anilines is 1. The zero-order chi connectivity index (χ0) is 19.3. The van der Waals surface area contributed by atoms with Crippen LogP contribution in [0.15, 0.2) is 94.8 Å². The second-order valence-corrected chi connectivity index (χ2v) is 7.23. The molecule has 0 spiro atoms. The van der Waals surface area contributed by atoms with Gasteiger partial charge in [-0.2, -0.15) is 5.26 Å². The topological polar surface area (TPSA) is 59.6 Å². The summed E-state index contributed by atoms with van der Waals surface area (Å²) < 4.78 is 0. The minimum Gasteiger partial charge on any atom is -0.368 e. The fourth-order valence-corrected chi connectivity index (χ4v) is 3.96. The maximum Gasteiger partial charge on any atom is 0.176 e. The van der Waals surface area contributed by atoms with Crippen LogP contribution < -0.4 is 4.90 Å². The van der Waals surface area contributed by atoms with Gasteiger partial charge in [-0.1, -0.05) is 60.3 Å². The molecular weight excluding hydrogens is 366 g/mol. The Morgan fingerprint density at radius 1 is 0.929 bits per heavy atom. The number of hydrogen-bond acceptors (Lipinski definition) is 4. The summed E-state index contributed by atoms with van der Waals surface area (Å²) >= 11 is 1.44. The van der Waals surface area contributed by atoms with E-state index in [4.69, 9.17) is 10.3 Å². The van der Waals surface area contributed by atoms with Crippen molar-refractivity contribution in [1.82, 2.24) is 0 Å². The van der Waals surface area contributed by atoms with Gasteiger partial charge in [-0.25, -0.2) is 4.99 Å². The number of para-hydroxylation sites is 2. The molecule has 4 nitrogen and oxygen atoms in total. The van der Waals surface area contributed by atoms with E-state index in [-0.39, 0.29) is 0 Å². The lowest BCUT2D eigenvalue weighted by Crippen LogP contribution is -2.32. The Bertz CT molecular complexity index is 1050. The second kappa shape index (κ2) is 8.13. The largest absolute Gasteiger partial charge is 0.368 e. The molecule has 0 amide bonds. The van der Waals surface area contributed by atoms with Crippen LogP contribution in [0.25, 0.3) is 6.08 Å². The minimum atomic E-state index is -0.828. The van der Waals surface area contributed by atoms with Crippen molar-refractivity contribution in [1.29, 1.82) is 5.26 Å². The first-order valence-corrected chi connectivity index (χ1v) is 9.62. The maximum atomic E-state index is 11.0. The van der Waals surface area contributed by atoms with Gasteiger partial charge >= 0.3 is 0 Å². The second-order valence-electron chi connectivity index (χ2n) is 6.19. The summed E-state index contributed by atoms with van der Waals surface area (Å²) in [6.45, 7) is 0. The number of nitriles is 1. The van der Waals surface area contributed by atoms with Crippen molar-refractivity contribution in [3.8, 4) is 6.07 Å². The zero-order valence-electron chi connectivity index (χ0n) is 14.9. The van der Waals surface area contributed by atoms with E-state index in [2.05, 4.69) is 6.07 Å².